The van der Waals surface area contributed by atoms with E-state index in [2.05, 4.69) is 0 Å². The molecule has 1 aromatic carbocycles. The van der Waals surface area contributed by atoms with Gasteiger partial charge in [0, 0.05) is 6.32 Å². The first-order valence-electron chi connectivity index (χ1n) is 7.95. The highest BCUT2D eigenvalue weighted by Gasteiger charge is 2.50. The summed E-state index contributed by atoms with van der Waals surface area (Å²) in [6.07, 6.45) is 2.64. The quantitative estimate of drug-likeness (QED) is 0.470. The van der Waals surface area contributed by atoms with Crippen LogP contribution in [0.2, 0.25) is 6.32 Å². The Hall–Kier alpha value is -1.59. The van der Waals surface area contributed by atoms with E-state index in [1.807, 2.05) is 58.9 Å². The first kappa shape index (κ1) is 17.8. The van der Waals surface area contributed by atoms with E-state index < -0.39 is 0 Å². The van der Waals surface area contributed by atoms with E-state index >= 15 is 0 Å². The topological polar surface area (TPSA) is 44.8 Å². The number of allylic oxidation sites excluding steroid dienone is 1. The molecule has 0 bridgehead atoms. The molecule has 5 heteroatoms. The summed E-state index contributed by atoms with van der Waals surface area (Å²) >= 11 is 0. The summed E-state index contributed by atoms with van der Waals surface area (Å²) in [6, 6.07) is 8.99. The Balaban J connectivity index is 1.82. The Morgan fingerprint density at radius 1 is 1.13 bits per heavy atom. The SMILES string of the molecule is C/C(=C\CB1OC(C)(C)C(C)(C)O1)COC(=O)c1ccccc1. The Labute approximate surface area is 139 Å². The largest absolute Gasteiger partial charge is 0.461 e. The standard InChI is InChI=1S/C18H25BO4/c1-14(13-21-16(20)15-9-7-6-8-10-15)11-12-19-22-17(2,3)18(4,5)23-19/h6-11H,12-13H2,1-5H3/b14-11+. The summed E-state index contributed by atoms with van der Waals surface area (Å²) in [5.74, 6) is -0.311. The van der Waals surface area contributed by atoms with Gasteiger partial charge in [-0.15, -0.1) is 0 Å². The summed E-state index contributed by atoms with van der Waals surface area (Å²) < 4.78 is 17.2. The molecule has 1 aliphatic rings. The van der Waals surface area contributed by atoms with Crippen LogP contribution in [0.25, 0.3) is 0 Å². The lowest BCUT2D eigenvalue weighted by Gasteiger charge is -2.32. The second kappa shape index (κ2) is 6.89. The molecule has 124 valence electrons. The third kappa shape index (κ3) is 4.46. The second-order valence-corrected chi connectivity index (χ2v) is 6.91. The monoisotopic (exact) mass is 316 g/mol. The molecule has 0 aromatic heterocycles. The lowest BCUT2D eigenvalue weighted by Crippen LogP contribution is -2.41. The van der Waals surface area contributed by atoms with Crippen LogP contribution in [0.1, 0.15) is 45.0 Å². The van der Waals surface area contributed by atoms with Crippen molar-refractivity contribution in [2.75, 3.05) is 6.61 Å². The first-order valence-corrected chi connectivity index (χ1v) is 7.95. The highest BCUT2D eigenvalue weighted by molar-refractivity contribution is 6.46. The van der Waals surface area contributed by atoms with Crippen LogP contribution in [0, 0.1) is 0 Å². The van der Waals surface area contributed by atoms with Gasteiger partial charge < -0.3 is 14.0 Å². The minimum atomic E-state index is -0.320. The van der Waals surface area contributed by atoms with Crippen LogP contribution in [0.5, 0.6) is 0 Å². The second-order valence-electron chi connectivity index (χ2n) is 6.91. The lowest BCUT2D eigenvalue weighted by molar-refractivity contribution is 0.00578. The zero-order valence-corrected chi connectivity index (χ0v) is 14.6. The molecule has 0 amide bonds. The van der Waals surface area contributed by atoms with Crippen molar-refractivity contribution in [3.63, 3.8) is 0 Å². The molecule has 0 aliphatic carbocycles. The van der Waals surface area contributed by atoms with Gasteiger partial charge in [0.25, 0.3) is 0 Å². The van der Waals surface area contributed by atoms with E-state index in [-0.39, 0.29) is 30.9 Å². The van der Waals surface area contributed by atoms with Gasteiger partial charge in [-0.3, -0.25) is 0 Å². The van der Waals surface area contributed by atoms with E-state index in [0.717, 1.165) is 5.57 Å². The number of rotatable bonds is 5. The zero-order chi connectivity index (χ0) is 17.1. The Morgan fingerprint density at radius 3 is 2.26 bits per heavy atom. The van der Waals surface area contributed by atoms with Crippen LogP contribution in [0.15, 0.2) is 42.0 Å². The van der Waals surface area contributed by atoms with E-state index in [0.29, 0.717) is 11.9 Å². The fourth-order valence-corrected chi connectivity index (χ4v) is 2.25. The summed E-state index contributed by atoms with van der Waals surface area (Å²) in [7, 11) is -0.264. The molecule has 0 spiro atoms. The van der Waals surface area contributed by atoms with Gasteiger partial charge in [-0.1, -0.05) is 24.3 Å². The van der Waals surface area contributed by atoms with Crippen molar-refractivity contribution in [1.29, 1.82) is 0 Å². The minimum Gasteiger partial charge on any atom is -0.458 e. The maximum absolute atomic E-state index is 11.9. The van der Waals surface area contributed by atoms with Crippen LogP contribution in [-0.4, -0.2) is 30.9 Å². The first-order chi connectivity index (χ1) is 10.7. The third-order valence-corrected chi connectivity index (χ3v) is 4.40. The molecule has 1 fully saturated rings. The molecule has 1 aliphatic heterocycles. The van der Waals surface area contributed by atoms with Crippen LogP contribution in [0.3, 0.4) is 0 Å². The van der Waals surface area contributed by atoms with E-state index in [1.165, 1.54) is 0 Å². The summed E-state index contributed by atoms with van der Waals surface area (Å²) in [5, 5.41) is 0. The van der Waals surface area contributed by atoms with E-state index in [9.17, 15) is 4.79 Å². The van der Waals surface area contributed by atoms with Crippen LogP contribution in [0.4, 0.5) is 0 Å². The molecular formula is C18H25BO4. The van der Waals surface area contributed by atoms with Crippen molar-refractivity contribution < 1.29 is 18.8 Å². The highest BCUT2D eigenvalue weighted by atomic mass is 16.7. The van der Waals surface area contributed by atoms with E-state index in [4.69, 9.17) is 14.0 Å². The molecule has 1 saturated heterocycles. The molecule has 0 unspecified atom stereocenters. The highest BCUT2D eigenvalue weighted by Crippen LogP contribution is 2.37. The number of hydrogen-bond donors (Lipinski definition) is 0. The van der Waals surface area contributed by atoms with Gasteiger partial charge in [-0.2, -0.15) is 0 Å². The van der Waals surface area contributed by atoms with Crippen LogP contribution in [-0.2, 0) is 14.0 Å². The van der Waals surface area contributed by atoms with Crippen molar-refractivity contribution in [3.05, 3.63) is 47.5 Å². The Kier molecular flexibility index (Phi) is 5.32. The molecule has 0 saturated carbocycles. The number of esters is 1. The van der Waals surface area contributed by atoms with Crippen molar-refractivity contribution in [3.8, 4) is 0 Å². The van der Waals surface area contributed by atoms with Gasteiger partial charge in [-0.25, -0.2) is 4.79 Å². The maximum atomic E-state index is 11.9. The third-order valence-electron chi connectivity index (χ3n) is 4.40. The molecule has 23 heavy (non-hydrogen) atoms. The average Bonchev–Trinajstić information content (AvgIpc) is 2.71. The number of hydrogen-bond acceptors (Lipinski definition) is 4. The zero-order valence-electron chi connectivity index (χ0n) is 14.6. The van der Waals surface area contributed by atoms with Gasteiger partial charge in [0.1, 0.15) is 6.61 Å². The Morgan fingerprint density at radius 2 is 1.70 bits per heavy atom. The van der Waals surface area contributed by atoms with Crippen LogP contribution < -0.4 is 0 Å². The van der Waals surface area contributed by atoms with Crippen molar-refractivity contribution in [2.45, 2.75) is 52.1 Å². The average molecular weight is 316 g/mol. The normalized spacial score (nSPS) is 19.7. The molecule has 4 nitrogen and oxygen atoms in total. The number of carbonyl (C=O) groups is 1. The summed E-state index contributed by atoms with van der Waals surface area (Å²) in [6.45, 7) is 10.3. The number of benzene rings is 1. The van der Waals surface area contributed by atoms with Gasteiger partial charge in [0.05, 0.1) is 16.8 Å². The maximum Gasteiger partial charge on any atom is 0.461 e. The molecule has 1 heterocycles. The fourth-order valence-electron chi connectivity index (χ4n) is 2.25. The van der Waals surface area contributed by atoms with Gasteiger partial charge in [0.2, 0.25) is 0 Å². The molecule has 2 rings (SSSR count). The number of carbonyl (C=O) groups excluding carboxylic acids is 1. The van der Waals surface area contributed by atoms with Crippen molar-refractivity contribution in [1.82, 2.24) is 0 Å². The Bertz CT molecular complexity index is 562. The molecule has 0 N–H and O–H groups in total. The summed E-state index contributed by atoms with van der Waals surface area (Å²) in [5.41, 5.74) is 0.897. The van der Waals surface area contributed by atoms with Gasteiger partial charge in [0.15, 0.2) is 0 Å². The molecule has 1 aromatic rings. The van der Waals surface area contributed by atoms with E-state index in [1.54, 1.807) is 12.1 Å². The van der Waals surface area contributed by atoms with Gasteiger partial charge >= 0.3 is 13.1 Å². The van der Waals surface area contributed by atoms with Crippen LogP contribution >= 0.6 is 0 Å². The minimum absolute atomic E-state index is 0.264. The summed E-state index contributed by atoms with van der Waals surface area (Å²) in [4.78, 5) is 11.9. The van der Waals surface area contributed by atoms with Crippen molar-refractivity contribution in [2.24, 2.45) is 0 Å². The molecule has 0 radical (unpaired) electrons. The predicted molar refractivity (Wildman–Crippen MR) is 91.4 cm³/mol. The van der Waals surface area contributed by atoms with Gasteiger partial charge in [-0.05, 0) is 52.3 Å². The lowest BCUT2D eigenvalue weighted by atomic mass is 9.84. The smallest absolute Gasteiger partial charge is 0.458 e. The number of ether oxygens (including phenoxy) is 1. The molecule has 0 atom stereocenters. The molecular weight excluding hydrogens is 291 g/mol. The fraction of sp³-hybridized carbons (Fsp3) is 0.500. The predicted octanol–water partition coefficient (Wildman–Crippen LogP) is 3.88. The van der Waals surface area contributed by atoms with Crippen molar-refractivity contribution >= 4 is 13.1 Å².